The highest BCUT2D eigenvalue weighted by Gasteiger charge is 2.24. The van der Waals surface area contributed by atoms with E-state index in [1.165, 1.54) is 0 Å². The number of aromatic amines is 1. The second-order valence-electron chi connectivity index (χ2n) is 6.58. The molecule has 2 aromatic heterocycles. The smallest absolute Gasteiger partial charge is 0.289 e. The molecule has 1 saturated heterocycles. The van der Waals surface area contributed by atoms with Crippen LogP contribution in [0.4, 0.5) is 0 Å². The topological polar surface area (TPSA) is 100 Å². The van der Waals surface area contributed by atoms with Crippen molar-refractivity contribution in [3.8, 4) is 0 Å². The normalized spacial score (nSPS) is 15.1. The number of hydrogen-bond donors (Lipinski definition) is 1. The number of carbonyl (C=O) groups is 2. The summed E-state index contributed by atoms with van der Waals surface area (Å²) in [7, 11) is 0. The van der Waals surface area contributed by atoms with Crippen LogP contribution in [0.25, 0.3) is 11.0 Å². The predicted octanol–water partition coefficient (Wildman–Crippen LogP) is 0.919. The fourth-order valence-electron chi connectivity index (χ4n) is 3.29. The van der Waals surface area contributed by atoms with E-state index in [0.29, 0.717) is 45.0 Å². The minimum Gasteiger partial charge on any atom is -0.341 e. The second kappa shape index (κ2) is 7.56. The minimum atomic E-state index is -0.120. The third kappa shape index (κ3) is 3.81. The summed E-state index contributed by atoms with van der Waals surface area (Å²) in [6.45, 7) is 2.88. The van der Waals surface area contributed by atoms with Gasteiger partial charge in [0, 0.05) is 39.1 Å². The zero-order valence-corrected chi connectivity index (χ0v) is 14.9. The predicted molar refractivity (Wildman–Crippen MR) is 97.8 cm³/mol. The number of para-hydroxylation sites is 2. The lowest BCUT2D eigenvalue weighted by atomic mass is 10.3. The molecule has 140 valence electrons. The molecule has 0 saturated carbocycles. The van der Waals surface area contributed by atoms with Gasteiger partial charge in [0.2, 0.25) is 5.91 Å². The largest absolute Gasteiger partial charge is 0.341 e. The molecule has 1 fully saturated rings. The molecule has 1 N–H and O–H groups in total. The van der Waals surface area contributed by atoms with Crippen LogP contribution < -0.4 is 0 Å². The molecule has 4 rings (SSSR count). The average Bonchev–Trinajstić information content (AvgIpc) is 3.29. The minimum absolute atomic E-state index is 0.0849. The van der Waals surface area contributed by atoms with E-state index in [2.05, 4.69) is 20.2 Å². The van der Waals surface area contributed by atoms with Crippen LogP contribution >= 0.6 is 0 Å². The Morgan fingerprint density at radius 3 is 2.56 bits per heavy atom. The van der Waals surface area contributed by atoms with Crippen LogP contribution in [0, 0.1) is 0 Å². The Labute approximate surface area is 156 Å². The van der Waals surface area contributed by atoms with Gasteiger partial charge in [0.1, 0.15) is 12.7 Å². The maximum atomic E-state index is 12.8. The summed E-state index contributed by atoms with van der Waals surface area (Å²) in [5.74, 6) is 0.315. The van der Waals surface area contributed by atoms with Gasteiger partial charge in [0.05, 0.1) is 11.0 Å². The van der Waals surface area contributed by atoms with Crippen molar-refractivity contribution in [1.29, 1.82) is 0 Å². The van der Waals surface area contributed by atoms with Gasteiger partial charge >= 0.3 is 0 Å². The van der Waals surface area contributed by atoms with Gasteiger partial charge in [-0.2, -0.15) is 0 Å². The lowest BCUT2D eigenvalue weighted by Gasteiger charge is -2.21. The quantitative estimate of drug-likeness (QED) is 0.739. The SMILES string of the molecule is O=C(CCn1cnnc1)N1CCCN(C(=O)c2nc3ccccc3[nH]2)CC1. The first-order chi connectivity index (χ1) is 13.2. The molecule has 1 aliphatic rings. The zero-order valence-electron chi connectivity index (χ0n) is 14.9. The zero-order chi connectivity index (χ0) is 18.6. The molecule has 0 aliphatic carbocycles. The van der Waals surface area contributed by atoms with Crippen LogP contribution in [0.5, 0.6) is 0 Å². The van der Waals surface area contributed by atoms with Gasteiger partial charge in [0.25, 0.3) is 5.91 Å². The fourth-order valence-corrected chi connectivity index (χ4v) is 3.29. The third-order valence-corrected chi connectivity index (χ3v) is 4.78. The Kier molecular flexibility index (Phi) is 4.82. The van der Waals surface area contributed by atoms with Crippen LogP contribution in [0.1, 0.15) is 23.5 Å². The van der Waals surface area contributed by atoms with Gasteiger partial charge in [-0.25, -0.2) is 4.98 Å². The summed E-state index contributed by atoms with van der Waals surface area (Å²) in [6.07, 6.45) is 4.35. The number of aryl methyl sites for hydroxylation is 1. The summed E-state index contributed by atoms with van der Waals surface area (Å²) in [4.78, 5) is 36.3. The molecule has 1 aromatic carbocycles. The number of nitrogens with one attached hydrogen (secondary N) is 1. The van der Waals surface area contributed by atoms with Gasteiger partial charge in [-0.3, -0.25) is 9.59 Å². The molecule has 9 nitrogen and oxygen atoms in total. The van der Waals surface area contributed by atoms with E-state index >= 15 is 0 Å². The molecule has 27 heavy (non-hydrogen) atoms. The van der Waals surface area contributed by atoms with Crippen LogP contribution in [-0.2, 0) is 11.3 Å². The number of aromatic nitrogens is 5. The molecule has 2 amide bonds. The number of nitrogens with zero attached hydrogens (tertiary/aromatic N) is 6. The van der Waals surface area contributed by atoms with Crippen molar-refractivity contribution in [2.75, 3.05) is 26.2 Å². The monoisotopic (exact) mass is 367 g/mol. The average molecular weight is 367 g/mol. The highest BCUT2D eigenvalue weighted by atomic mass is 16.2. The third-order valence-electron chi connectivity index (χ3n) is 4.78. The number of rotatable bonds is 4. The lowest BCUT2D eigenvalue weighted by Crippen LogP contribution is -2.37. The molecular formula is C18H21N7O2. The number of benzene rings is 1. The highest BCUT2D eigenvalue weighted by Crippen LogP contribution is 2.13. The Balaban J connectivity index is 1.36. The number of H-pyrrole nitrogens is 1. The molecule has 0 atom stereocenters. The summed E-state index contributed by atoms with van der Waals surface area (Å²) in [6, 6.07) is 7.58. The van der Waals surface area contributed by atoms with Gasteiger partial charge in [0.15, 0.2) is 5.82 Å². The molecule has 3 aromatic rings. The maximum absolute atomic E-state index is 12.8. The first-order valence-corrected chi connectivity index (χ1v) is 9.05. The number of fused-ring (bicyclic) bond motifs is 1. The standard InChI is InChI=1S/C18H21N7O2/c26-16(6-9-23-12-19-20-13-23)24-7-3-8-25(11-10-24)18(27)17-21-14-4-1-2-5-15(14)22-17/h1-2,4-5,12-13H,3,6-11H2,(H,21,22). The summed E-state index contributed by atoms with van der Waals surface area (Å²) in [5.41, 5.74) is 1.63. The van der Waals surface area contributed by atoms with E-state index in [1.54, 1.807) is 22.1 Å². The summed E-state index contributed by atoms with van der Waals surface area (Å²) < 4.78 is 1.78. The van der Waals surface area contributed by atoms with Crippen LogP contribution in [0.3, 0.4) is 0 Å². The van der Waals surface area contributed by atoms with Crippen molar-refractivity contribution < 1.29 is 9.59 Å². The van der Waals surface area contributed by atoms with Gasteiger partial charge in [-0.05, 0) is 18.6 Å². The van der Waals surface area contributed by atoms with E-state index in [-0.39, 0.29) is 11.8 Å². The number of amides is 2. The first kappa shape index (κ1) is 17.2. The Bertz CT molecular complexity index is 901. The molecule has 0 radical (unpaired) electrons. The van der Waals surface area contributed by atoms with E-state index in [9.17, 15) is 9.59 Å². The molecular weight excluding hydrogens is 346 g/mol. The molecule has 0 bridgehead atoms. The Morgan fingerprint density at radius 1 is 1.00 bits per heavy atom. The van der Waals surface area contributed by atoms with Gasteiger partial charge in [-0.15, -0.1) is 10.2 Å². The Hall–Kier alpha value is -3.23. The van der Waals surface area contributed by atoms with E-state index in [1.807, 2.05) is 29.2 Å². The second-order valence-corrected chi connectivity index (χ2v) is 6.58. The van der Waals surface area contributed by atoms with Crippen molar-refractivity contribution in [3.63, 3.8) is 0 Å². The summed E-state index contributed by atoms with van der Waals surface area (Å²) in [5, 5.41) is 7.47. The van der Waals surface area contributed by atoms with Crippen molar-refractivity contribution in [2.45, 2.75) is 19.4 Å². The molecule has 9 heteroatoms. The van der Waals surface area contributed by atoms with Crippen LogP contribution in [-0.4, -0.2) is 72.5 Å². The van der Waals surface area contributed by atoms with Gasteiger partial charge < -0.3 is 19.4 Å². The fraction of sp³-hybridized carbons (Fsp3) is 0.389. The Morgan fingerprint density at radius 2 is 1.74 bits per heavy atom. The van der Waals surface area contributed by atoms with Crippen LogP contribution in [0.15, 0.2) is 36.9 Å². The van der Waals surface area contributed by atoms with E-state index < -0.39 is 0 Å². The number of imidazole rings is 1. The number of hydrogen-bond acceptors (Lipinski definition) is 5. The maximum Gasteiger partial charge on any atom is 0.289 e. The van der Waals surface area contributed by atoms with Crippen LogP contribution in [0.2, 0.25) is 0 Å². The van der Waals surface area contributed by atoms with Crippen molar-refractivity contribution in [2.24, 2.45) is 0 Å². The molecule has 1 aliphatic heterocycles. The molecule has 3 heterocycles. The highest BCUT2D eigenvalue weighted by molar-refractivity contribution is 5.94. The molecule has 0 spiro atoms. The first-order valence-electron chi connectivity index (χ1n) is 9.05. The number of carbonyl (C=O) groups excluding carboxylic acids is 2. The molecule has 0 unspecified atom stereocenters. The van der Waals surface area contributed by atoms with Gasteiger partial charge in [-0.1, -0.05) is 12.1 Å². The van der Waals surface area contributed by atoms with Crippen molar-refractivity contribution in [3.05, 3.63) is 42.7 Å². The van der Waals surface area contributed by atoms with E-state index in [0.717, 1.165) is 17.5 Å². The van der Waals surface area contributed by atoms with Crippen molar-refractivity contribution in [1.82, 2.24) is 34.5 Å². The van der Waals surface area contributed by atoms with E-state index in [4.69, 9.17) is 0 Å². The van der Waals surface area contributed by atoms with Crippen molar-refractivity contribution >= 4 is 22.8 Å². The summed E-state index contributed by atoms with van der Waals surface area (Å²) >= 11 is 0. The lowest BCUT2D eigenvalue weighted by molar-refractivity contribution is -0.131.